The fourth-order valence-electron chi connectivity index (χ4n) is 5.36. The number of nitrogens with zero attached hydrogens (tertiary/aromatic N) is 2. The molecule has 0 radical (unpaired) electrons. The van der Waals surface area contributed by atoms with Crippen LogP contribution in [0, 0.1) is 17.0 Å². The first-order valence-electron chi connectivity index (χ1n) is 9.58. The lowest BCUT2D eigenvalue weighted by Gasteiger charge is -2.40. The smallest absolute Gasteiger partial charge is 0.135 e. The van der Waals surface area contributed by atoms with E-state index < -0.39 is 11.6 Å². The van der Waals surface area contributed by atoms with Crippen molar-refractivity contribution in [2.24, 2.45) is 5.41 Å². The van der Waals surface area contributed by atoms with Crippen molar-refractivity contribution in [2.75, 3.05) is 19.8 Å². The first-order chi connectivity index (χ1) is 12.9. The lowest BCUT2D eigenvalue weighted by Crippen LogP contribution is -2.53. The largest absolute Gasteiger partial charge is 0.378 e. The Balaban J connectivity index is 1.57. The number of halogens is 2. The predicted octanol–water partition coefficient (Wildman–Crippen LogP) is 3.57. The van der Waals surface area contributed by atoms with Gasteiger partial charge in [-0.25, -0.2) is 8.78 Å². The zero-order valence-corrected chi connectivity index (χ0v) is 15.6. The highest BCUT2D eigenvalue weighted by molar-refractivity contribution is 5.63. The molecular formula is C21H23F2N3O. The van der Waals surface area contributed by atoms with Crippen LogP contribution in [-0.2, 0) is 10.2 Å². The third-order valence-electron chi connectivity index (χ3n) is 7.17. The zero-order valence-electron chi connectivity index (χ0n) is 15.6. The Morgan fingerprint density at radius 3 is 2.59 bits per heavy atom. The molecule has 1 aromatic carbocycles. The molecular weight excluding hydrogens is 348 g/mol. The fourth-order valence-corrected chi connectivity index (χ4v) is 5.36. The molecule has 2 aromatic rings. The van der Waals surface area contributed by atoms with E-state index in [2.05, 4.69) is 29.4 Å². The number of fused-ring (bicyclic) bond motifs is 5. The van der Waals surface area contributed by atoms with E-state index >= 15 is 0 Å². The van der Waals surface area contributed by atoms with Gasteiger partial charge in [0.2, 0.25) is 0 Å². The summed E-state index contributed by atoms with van der Waals surface area (Å²) in [6.07, 6.45) is 2.12. The number of rotatable bonds is 4. The minimum absolute atomic E-state index is 0.0218. The second-order valence-electron chi connectivity index (χ2n) is 8.64. The Morgan fingerprint density at radius 1 is 1.19 bits per heavy atom. The van der Waals surface area contributed by atoms with Crippen molar-refractivity contribution in [1.82, 2.24) is 15.5 Å². The van der Waals surface area contributed by atoms with Crippen LogP contribution in [0.25, 0.3) is 11.3 Å². The molecule has 1 aliphatic heterocycles. The van der Waals surface area contributed by atoms with Gasteiger partial charge in [-0.1, -0.05) is 19.9 Å². The summed E-state index contributed by atoms with van der Waals surface area (Å²) in [5, 5.41) is 12.4. The van der Waals surface area contributed by atoms with Crippen LogP contribution in [0.2, 0.25) is 0 Å². The molecule has 5 rings (SSSR count). The number of hydrogen-bond acceptors (Lipinski definition) is 4. The van der Waals surface area contributed by atoms with Gasteiger partial charge < -0.3 is 10.1 Å². The van der Waals surface area contributed by atoms with Gasteiger partial charge in [-0.05, 0) is 47.9 Å². The van der Waals surface area contributed by atoms with Crippen LogP contribution in [0.1, 0.15) is 43.9 Å². The van der Waals surface area contributed by atoms with Crippen molar-refractivity contribution in [3.05, 3.63) is 47.2 Å². The molecule has 27 heavy (non-hydrogen) atoms. The highest BCUT2D eigenvalue weighted by atomic mass is 19.1. The maximum atomic E-state index is 14.2. The lowest BCUT2D eigenvalue weighted by molar-refractivity contribution is -0.00977. The van der Waals surface area contributed by atoms with Crippen LogP contribution in [0.5, 0.6) is 0 Å². The SMILES string of the molecule is CC1(C)[C@H]2CC[C@]1(CNC1COC1)c1nnc(-c3c(F)cccc3F)cc12. The number of hydrogen-bond donors (Lipinski definition) is 1. The highest BCUT2D eigenvalue weighted by Crippen LogP contribution is 2.67. The van der Waals surface area contributed by atoms with Crippen molar-refractivity contribution < 1.29 is 13.5 Å². The van der Waals surface area contributed by atoms with Crippen LogP contribution in [0.15, 0.2) is 24.3 Å². The molecule has 1 aromatic heterocycles. The van der Waals surface area contributed by atoms with Crippen molar-refractivity contribution in [2.45, 2.75) is 44.1 Å². The molecule has 1 N–H and O–H groups in total. The lowest BCUT2D eigenvalue weighted by atomic mass is 9.68. The quantitative estimate of drug-likeness (QED) is 0.893. The summed E-state index contributed by atoms with van der Waals surface area (Å²) in [4.78, 5) is 0. The number of aromatic nitrogens is 2. The van der Waals surface area contributed by atoms with Gasteiger partial charge in [-0.15, -0.1) is 0 Å². The van der Waals surface area contributed by atoms with Crippen molar-refractivity contribution in [1.29, 1.82) is 0 Å². The Hall–Kier alpha value is -1.92. The van der Waals surface area contributed by atoms with E-state index in [0.29, 0.717) is 12.0 Å². The Labute approximate surface area is 157 Å². The predicted molar refractivity (Wildman–Crippen MR) is 97.4 cm³/mol. The van der Waals surface area contributed by atoms with Crippen LogP contribution < -0.4 is 5.32 Å². The summed E-state index contributed by atoms with van der Waals surface area (Å²) in [7, 11) is 0. The molecule has 0 unspecified atom stereocenters. The first kappa shape index (κ1) is 17.2. The zero-order chi connectivity index (χ0) is 18.8. The van der Waals surface area contributed by atoms with Crippen LogP contribution in [-0.4, -0.2) is 36.0 Å². The van der Waals surface area contributed by atoms with Gasteiger partial charge in [0.25, 0.3) is 0 Å². The summed E-state index contributed by atoms with van der Waals surface area (Å²) in [5.74, 6) is -0.878. The third-order valence-corrected chi connectivity index (χ3v) is 7.17. The van der Waals surface area contributed by atoms with Gasteiger partial charge in [-0.2, -0.15) is 10.2 Å². The first-order valence-corrected chi connectivity index (χ1v) is 9.58. The topological polar surface area (TPSA) is 47.0 Å². The van der Waals surface area contributed by atoms with Crippen molar-refractivity contribution in [3.8, 4) is 11.3 Å². The van der Waals surface area contributed by atoms with Gasteiger partial charge in [0, 0.05) is 12.0 Å². The summed E-state index contributed by atoms with van der Waals surface area (Å²) >= 11 is 0. The van der Waals surface area contributed by atoms with E-state index in [-0.39, 0.29) is 22.1 Å². The minimum Gasteiger partial charge on any atom is -0.378 e. The van der Waals surface area contributed by atoms with Gasteiger partial charge in [0.05, 0.1) is 36.2 Å². The van der Waals surface area contributed by atoms with E-state index in [1.807, 2.05) is 6.07 Å². The molecule has 2 fully saturated rings. The summed E-state index contributed by atoms with van der Waals surface area (Å²) in [6.45, 7) is 6.91. The average molecular weight is 371 g/mol. The van der Waals surface area contributed by atoms with E-state index in [0.717, 1.165) is 43.9 Å². The molecule has 0 spiro atoms. The fraction of sp³-hybridized carbons (Fsp3) is 0.524. The molecule has 1 saturated heterocycles. The maximum Gasteiger partial charge on any atom is 0.135 e. The van der Waals surface area contributed by atoms with Crippen LogP contribution in [0.3, 0.4) is 0 Å². The van der Waals surface area contributed by atoms with Gasteiger partial charge >= 0.3 is 0 Å². The van der Waals surface area contributed by atoms with E-state index in [4.69, 9.17) is 4.74 Å². The van der Waals surface area contributed by atoms with E-state index in [1.165, 1.54) is 18.2 Å². The third kappa shape index (κ3) is 2.26. The van der Waals surface area contributed by atoms with Crippen molar-refractivity contribution >= 4 is 0 Å². The molecule has 3 aliphatic rings. The molecule has 2 bridgehead atoms. The summed E-state index contributed by atoms with van der Waals surface area (Å²) in [6, 6.07) is 6.15. The van der Waals surface area contributed by atoms with Crippen molar-refractivity contribution in [3.63, 3.8) is 0 Å². The number of ether oxygens (including phenoxy) is 1. The van der Waals surface area contributed by atoms with Crippen LogP contribution in [0.4, 0.5) is 8.78 Å². The molecule has 6 heteroatoms. The summed E-state index contributed by atoms with van der Waals surface area (Å²) in [5.41, 5.74) is 2.22. The Morgan fingerprint density at radius 2 is 1.93 bits per heavy atom. The number of benzene rings is 1. The number of nitrogens with one attached hydrogen (secondary N) is 1. The summed E-state index contributed by atoms with van der Waals surface area (Å²) < 4.78 is 33.7. The maximum absolute atomic E-state index is 14.2. The molecule has 0 amide bonds. The molecule has 2 heterocycles. The monoisotopic (exact) mass is 371 g/mol. The second kappa shape index (κ2) is 5.79. The average Bonchev–Trinajstić information content (AvgIpc) is 2.94. The van der Waals surface area contributed by atoms with E-state index in [1.54, 1.807) is 0 Å². The second-order valence-corrected chi connectivity index (χ2v) is 8.64. The van der Waals surface area contributed by atoms with Gasteiger partial charge in [-0.3, -0.25) is 0 Å². The minimum atomic E-state index is -0.604. The molecule has 2 aliphatic carbocycles. The Kier molecular flexibility index (Phi) is 3.69. The van der Waals surface area contributed by atoms with Crippen LogP contribution >= 0.6 is 0 Å². The highest BCUT2D eigenvalue weighted by Gasteiger charge is 2.63. The Bertz CT molecular complexity index is 892. The molecule has 142 valence electrons. The molecule has 4 nitrogen and oxygen atoms in total. The van der Waals surface area contributed by atoms with Gasteiger partial charge in [0.15, 0.2) is 0 Å². The van der Waals surface area contributed by atoms with E-state index in [9.17, 15) is 8.78 Å². The normalized spacial score (nSPS) is 28.2. The molecule has 1 saturated carbocycles. The standard InChI is InChI=1S/C21H23F2N3O/c1-20(2)14-6-7-21(20,11-24-12-9-27-10-12)19-13(14)8-17(25-26-19)18-15(22)4-3-5-16(18)23/h3-5,8,12,14,24H,6-7,9-11H2,1-2H3/t14-,21-/m0/s1. The molecule has 2 atom stereocenters. The van der Waals surface area contributed by atoms with Gasteiger partial charge in [0.1, 0.15) is 11.6 Å².